The lowest BCUT2D eigenvalue weighted by Crippen LogP contribution is -2.40. The van der Waals surface area contributed by atoms with Gasteiger partial charge in [0.05, 0.1) is 31.2 Å². The van der Waals surface area contributed by atoms with Gasteiger partial charge in [-0.3, -0.25) is 9.59 Å². The van der Waals surface area contributed by atoms with Crippen LogP contribution in [-0.4, -0.2) is 38.1 Å². The second-order valence-corrected chi connectivity index (χ2v) is 6.57. The molecule has 2 amide bonds. The molecule has 0 bridgehead atoms. The maximum Gasteiger partial charge on any atom is 0.416 e. The predicted molar refractivity (Wildman–Crippen MR) is 98.4 cm³/mol. The van der Waals surface area contributed by atoms with Crippen LogP contribution >= 0.6 is 0 Å². The number of amides is 2. The van der Waals surface area contributed by atoms with Gasteiger partial charge in [-0.2, -0.15) is 18.3 Å². The van der Waals surface area contributed by atoms with Crippen LogP contribution in [0, 0.1) is 0 Å². The lowest BCUT2D eigenvalue weighted by atomic mass is 10.1. The molecule has 4 rings (SSSR count). The summed E-state index contributed by atoms with van der Waals surface area (Å²) in [7, 11) is 2.84. The van der Waals surface area contributed by atoms with Crippen LogP contribution in [0.2, 0.25) is 0 Å². The summed E-state index contributed by atoms with van der Waals surface area (Å²) in [6, 6.07) is 6.52. The fourth-order valence-corrected chi connectivity index (χ4v) is 3.37. The molecule has 0 radical (unpaired) electrons. The van der Waals surface area contributed by atoms with E-state index in [-0.39, 0.29) is 11.4 Å². The van der Waals surface area contributed by atoms with Crippen molar-refractivity contribution in [2.75, 3.05) is 24.1 Å². The Kier molecular flexibility index (Phi) is 4.60. The van der Waals surface area contributed by atoms with Crippen molar-refractivity contribution in [2.24, 2.45) is 10.3 Å². The van der Waals surface area contributed by atoms with Crippen LogP contribution in [0.5, 0.6) is 11.5 Å². The molecule has 0 spiro atoms. The number of benzene rings is 2. The first-order valence-corrected chi connectivity index (χ1v) is 8.72. The molecule has 0 aliphatic carbocycles. The Bertz CT molecular complexity index is 1030. The summed E-state index contributed by atoms with van der Waals surface area (Å²) < 4.78 is 49.5. The summed E-state index contributed by atoms with van der Waals surface area (Å²) >= 11 is 0. The molecule has 0 N–H and O–H groups in total. The van der Waals surface area contributed by atoms with Crippen molar-refractivity contribution in [1.29, 1.82) is 0 Å². The highest BCUT2D eigenvalue weighted by atomic mass is 19.4. The molecule has 2 atom stereocenters. The number of hydrogen-bond acceptors (Lipinski definition) is 7. The van der Waals surface area contributed by atoms with Crippen LogP contribution in [0.1, 0.15) is 5.56 Å². The zero-order valence-corrected chi connectivity index (χ0v) is 15.8. The predicted octanol–water partition coefficient (Wildman–Crippen LogP) is 3.22. The van der Waals surface area contributed by atoms with Gasteiger partial charge in [-0.1, -0.05) is 11.3 Å². The molecule has 11 heteroatoms. The van der Waals surface area contributed by atoms with Crippen molar-refractivity contribution in [3.63, 3.8) is 0 Å². The zero-order chi connectivity index (χ0) is 21.6. The Labute approximate surface area is 168 Å². The topological polar surface area (TPSA) is 83.8 Å². The molecule has 156 valence electrons. The third-order valence-corrected chi connectivity index (χ3v) is 4.81. The quantitative estimate of drug-likeness (QED) is 0.710. The molecule has 1 fully saturated rings. The van der Waals surface area contributed by atoms with E-state index in [0.717, 1.165) is 22.0 Å². The van der Waals surface area contributed by atoms with Crippen LogP contribution in [-0.2, 0) is 15.8 Å². The first-order chi connectivity index (χ1) is 14.2. The number of fused-ring (bicyclic) bond motifs is 1. The summed E-state index contributed by atoms with van der Waals surface area (Å²) in [5, 5.41) is 8.66. The fourth-order valence-electron chi connectivity index (χ4n) is 3.37. The third kappa shape index (κ3) is 3.11. The molecule has 0 unspecified atom stereocenters. The van der Waals surface area contributed by atoms with E-state index in [1.54, 1.807) is 6.07 Å². The van der Waals surface area contributed by atoms with Crippen molar-refractivity contribution < 1.29 is 32.2 Å². The van der Waals surface area contributed by atoms with Crippen molar-refractivity contribution in [1.82, 2.24) is 0 Å². The lowest BCUT2D eigenvalue weighted by molar-refractivity contribution is -0.137. The monoisotopic (exact) mass is 420 g/mol. The second kappa shape index (κ2) is 7.01. The zero-order valence-electron chi connectivity index (χ0n) is 15.8. The minimum atomic E-state index is -4.56. The molecule has 2 aliphatic heterocycles. The molecular weight excluding hydrogens is 405 g/mol. The van der Waals surface area contributed by atoms with Gasteiger partial charge < -0.3 is 9.47 Å². The lowest BCUT2D eigenvalue weighted by Gasteiger charge is -2.21. The molecule has 2 aliphatic rings. The minimum Gasteiger partial charge on any atom is -0.497 e. The number of hydrogen-bond donors (Lipinski definition) is 0. The van der Waals surface area contributed by atoms with Crippen LogP contribution in [0.15, 0.2) is 52.8 Å². The van der Waals surface area contributed by atoms with Crippen LogP contribution in [0.25, 0.3) is 0 Å². The standard InChI is InChI=1S/C19H15F3N4O4/c1-29-13-7-12(8-14(9-13)30-2)25-17(27)15-16(18(25)28)26(24-23-15)11-5-3-4-10(6-11)19(20,21)22/h3-9,15-16H,1-2H3/t15-,16-/m0/s1. The molecular formula is C19H15F3N4O4. The van der Waals surface area contributed by atoms with Gasteiger partial charge in [0.2, 0.25) is 0 Å². The smallest absolute Gasteiger partial charge is 0.416 e. The summed E-state index contributed by atoms with van der Waals surface area (Å²) in [6.45, 7) is 0. The normalized spacial score (nSPS) is 20.7. The molecule has 0 saturated carbocycles. The summed E-state index contributed by atoms with van der Waals surface area (Å²) in [6.07, 6.45) is -4.56. The van der Waals surface area contributed by atoms with E-state index in [0.29, 0.717) is 11.5 Å². The van der Waals surface area contributed by atoms with E-state index in [1.807, 2.05) is 0 Å². The maximum atomic E-state index is 13.1. The van der Waals surface area contributed by atoms with Gasteiger partial charge in [0.25, 0.3) is 11.8 Å². The Balaban J connectivity index is 1.70. The van der Waals surface area contributed by atoms with Crippen molar-refractivity contribution >= 4 is 23.2 Å². The van der Waals surface area contributed by atoms with Gasteiger partial charge in [0.1, 0.15) is 11.5 Å². The maximum absolute atomic E-state index is 13.1. The SMILES string of the molecule is COc1cc(OC)cc(N2C(=O)[C@H]3N=NN(c4cccc(C(F)(F)F)c4)[C@@H]3C2=O)c1. The average molecular weight is 420 g/mol. The summed E-state index contributed by atoms with van der Waals surface area (Å²) in [4.78, 5) is 26.9. The Morgan fingerprint density at radius 1 is 0.933 bits per heavy atom. The number of methoxy groups -OCH3 is 2. The highest BCUT2D eigenvalue weighted by molar-refractivity contribution is 6.26. The van der Waals surface area contributed by atoms with Crippen LogP contribution in [0.3, 0.4) is 0 Å². The van der Waals surface area contributed by atoms with Crippen molar-refractivity contribution in [2.45, 2.75) is 18.3 Å². The number of halogens is 3. The number of rotatable bonds is 4. The number of carbonyl (C=O) groups excluding carboxylic acids is 2. The fraction of sp³-hybridized carbons (Fsp3) is 0.263. The van der Waals surface area contributed by atoms with E-state index in [4.69, 9.17) is 9.47 Å². The van der Waals surface area contributed by atoms with Gasteiger partial charge >= 0.3 is 6.18 Å². The number of alkyl halides is 3. The summed E-state index contributed by atoms with van der Waals surface area (Å²) in [5.74, 6) is -0.585. The van der Waals surface area contributed by atoms with Crippen molar-refractivity contribution in [3.8, 4) is 11.5 Å². The Morgan fingerprint density at radius 2 is 1.60 bits per heavy atom. The van der Waals surface area contributed by atoms with E-state index in [2.05, 4.69) is 10.3 Å². The molecule has 8 nitrogen and oxygen atoms in total. The van der Waals surface area contributed by atoms with E-state index >= 15 is 0 Å². The average Bonchev–Trinajstić information content (AvgIpc) is 3.27. The third-order valence-electron chi connectivity index (χ3n) is 4.81. The molecule has 1 saturated heterocycles. The van der Waals surface area contributed by atoms with Gasteiger partial charge in [0.15, 0.2) is 12.1 Å². The number of imide groups is 1. The molecule has 0 aromatic heterocycles. The molecule has 2 heterocycles. The number of carbonyl (C=O) groups is 2. The van der Waals surface area contributed by atoms with Crippen molar-refractivity contribution in [3.05, 3.63) is 48.0 Å². The molecule has 2 aromatic carbocycles. The highest BCUT2D eigenvalue weighted by Gasteiger charge is 2.55. The second-order valence-electron chi connectivity index (χ2n) is 6.57. The van der Waals surface area contributed by atoms with Gasteiger partial charge in [-0.05, 0) is 18.2 Å². The first kappa shape index (κ1) is 19.7. The summed E-state index contributed by atoms with van der Waals surface area (Å²) in [5.41, 5.74) is -0.688. The minimum absolute atomic E-state index is 0.00676. The van der Waals surface area contributed by atoms with E-state index < -0.39 is 35.6 Å². The largest absolute Gasteiger partial charge is 0.497 e. The van der Waals surface area contributed by atoms with E-state index in [9.17, 15) is 22.8 Å². The van der Waals surface area contributed by atoms with Crippen LogP contribution in [0.4, 0.5) is 24.5 Å². The Morgan fingerprint density at radius 3 is 2.20 bits per heavy atom. The number of ether oxygens (including phenoxy) is 2. The highest BCUT2D eigenvalue weighted by Crippen LogP contribution is 2.39. The first-order valence-electron chi connectivity index (χ1n) is 8.72. The Hall–Kier alpha value is -3.63. The van der Waals surface area contributed by atoms with Gasteiger partial charge in [-0.15, -0.1) is 0 Å². The van der Waals surface area contributed by atoms with Gasteiger partial charge in [0, 0.05) is 18.2 Å². The van der Waals surface area contributed by atoms with Crippen LogP contribution < -0.4 is 19.4 Å². The number of nitrogens with zero attached hydrogens (tertiary/aromatic N) is 4. The molecule has 30 heavy (non-hydrogen) atoms. The molecule has 2 aromatic rings. The number of anilines is 2. The van der Waals surface area contributed by atoms with Gasteiger partial charge in [-0.25, -0.2) is 9.91 Å². The van der Waals surface area contributed by atoms with E-state index in [1.165, 1.54) is 38.5 Å².